The normalized spacial score (nSPS) is 11.2. The number of carbonyl (C=O) groups excluding carboxylic acids is 1. The minimum atomic E-state index is -1.10. The SMILES string of the molecule is COC(=O)C(=Cc1ccc(C)o1)CC(=O)O. The van der Waals surface area contributed by atoms with Crippen LogP contribution in [0.15, 0.2) is 22.1 Å². The number of rotatable bonds is 4. The Labute approximate surface area is 92.3 Å². The molecule has 1 rings (SSSR count). The summed E-state index contributed by atoms with van der Waals surface area (Å²) in [6.07, 6.45) is 0.972. The van der Waals surface area contributed by atoms with Gasteiger partial charge >= 0.3 is 11.9 Å². The highest BCUT2D eigenvalue weighted by Gasteiger charge is 2.14. The highest BCUT2D eigenvalue weighted by Crippen LogP contribution is 2.14. The van der Waals surface area contributed by atoms with E-state index in [4.69, 9.17) is 9.52 Å². The molecule has 0 aromatic carbocycles. The summed E-state index contributed by atoms with van der Waals surface area (Å²) in [7, 11) is 1.20. The number of methoxy groups -OCH3 is 1. The lowest BCUT2D eigenvalue weighted by Gasteiger charge is -2.01. The zero-order valence-electron chi connectivity index (χ0n) is 9.02. The van der Waals surface area contributed by atoms with Gasteiger partial charge in [0.1, 0.15) is 11.5 Å². The Hall–Kier alpha value is -2.04. The van der Waals surface area contributed by atoms with Gasteiger partial charge in [-0.2, -0.15) is 0 Å². The fourth-order valence-corrected chi connectivity index (χ4v) is 1.18. The molecule has 0 saturated carbocycles. The van der Waals surface area contributed by atoms with E-state index < -0.39 is 18.4 Å². The molecule has 5 heteroatoms. The van der Waals surface area contributed by atoms with E-state index >= 15 is 0 Å². The first-order chi connectivity index (χ1) is 7.52. The number of aliphatic carboxylic acids is 1. The van der Waals surface area contributed by atoms with Crippen molar-refractivity contribution in [3.8, 4) is 0 Å². The van der Waals surface area contributed by atoms with Crippen LogP contribution < -0.4 is 0 Å². The van der Waals surface area contributed by atoms with Crippen LogP contribution in [-0.2, 0) is 14.3 Å². The van der Waals surface area contributed by atoms with Gasteiger partial charge in [0.2, 0.25) is 0 Å². The molecule has 0 spiro atoms. The molecule has 86 valence electrons. The van der Waals surface area contributed by atoms with Crippen molar-refractivity contribution in [1.29, 1.82) is 0 Å². The maximum atomic E-state index is 11.3. The molecule has 0 radical (unpaired) electrons. The minimum absolute atomic E-state index is 0.0457. The van der Waals surface area contributed by atoms with Gasteiger partial charge in [-0.3, -0.25) is 4.79 Å². The number of esters is 1. The molecule has 16 heavy (non-hydrogen) atoms. The monoisotopic (exact) mass is 224 g/mol. The molecule has 0 aliphatic heterocycles. The summed E-state index contributed by atoms with van der Waals surface area (Å²) in [6, 6.07) is 3.38. The standard InChI is InChI=1S/C11H12O5/c1-7-3-4-9(16-7)5-8(6-10(12)13)11(14)15-2/h3-5H,6H2,1-2H3,(H,12,13). The van der Waals surface area contributed by atoms with Crippen molar-refractivity contribution in [2.75, 3.05) is 7.11 Å². The smallest absolute Gasteiger partial charge is 0.334 e. The van der Waals surface area contributed by atoms with Crippen LogP contribution in [0.3, 0.4) is 0 Å². The summed E-state index contributed by atoms with van der Waals surface area (Å²) < 4.78 is 9.69. The molecule has 1 N–H and O–H groups in total. The second kappa shape index (κ2) is 5.16. The van der Waals surface area contributed by atoms with Crippen molar-refractivity contribution in [2.45, 2.75) is 13.3 Å². The van der Waals surface area contributed by atoms with Gasteiger partial charge in [0.05, 0.1) is 19.1 Å². The third kappa shape index (κ3) is 3.27. The Morgan fingerprint density at radius 2 is 2.19 bits per heavy atom. The summed E-state index contributed by atoms with van der Waals surface area (Å²) in [5.74, 6) is -0.652. The van der Waals surface area contributed by atoms with E-state index in [1.54, 1.807) is 19.1 Å². The van der Waals surface area contributed by atoms with Crippen molar-refractivity contribution >= 4 is 18.0 Å². The molecule has 0 aliphatic carbocycles. The molecule has 0 saturated heterocycles. The van der Waals surface area contributed by atoms with Crippen LogP contribution in [-0.4, -0.2) is 24.2 Å². The number of aryl methyl sites for hydroxylation is 1. The molecule has 0 unspecified atom stereocenters. The Bertz CT molecular complexity index is 427. The van der Waals surface area contributed by atoms with Gasteiger partial charge in [0.15, 0.2) is 0 Å². The van der Waals surface area contributed by atoms with Crippen LogP contribution in [0.2, 0.25) is 0 Å². The van der Waals surface area contributed by atoms with Gasteiger partial charge in [-0.1, -0.05) is 0 Å². The van der Waals surface area contributed by atoms with Crippen LogP contribution in [0.25, 0.3) is 6.08 Å². The highest BCUT2D eigenvalue weighted by molar-refractivity contribution is 5.97. The average molecular weight is 224 g/mol. The zero-order valence-corrected chi connectivity index (χ0v) is 9.02. The maximum absolute atomic E-state index is 11.3. The molecule has 5 nitrogen and oxygen atoms in total. The summed E-state index contributed by atoms with van der Waals surface area (Å²) >= 11 is 0. The second-order valence-corrected chi connectivity index (χ2v) is 3.18. The molecular weight excluding hydrogens is 212 g/mol. The number of hydrogen-bond donors (Lipinski definition) is 1. The number of ether oxygens (including phenoxy) is 1. The van der Waals surface area contributed by atoms with Gasteiger partial charge in [0.25, 0.3) is 0 Å². The van der Waals surface area contributed by atoms with Gasteiger partial charge < -0.3 is 14.3 Å². The van der Waals surface area contributed by atoms with Gasteiger partial charge in [-0.25, -0.2) is 4.79 Å². The highest BCUT2D eigenvalue weighted by atomic mass is 16.5. The molecule has 1 heterocycles. The molecule has 0 aliphatic rings. The second-order valence-electron chi connectivity index (χ2n) is 3.18. The fraction of sp³-hybridized carbons (Fsp3) is 0.273. The predicted molar refractivity (Wildman–Crippen MR) is 55.7 cm³/mol. The van der Waals surface area contributed by atoms with E-state index in [2.05, 4.69) is 4.74 Å². The molecule has 1 aromatic rings. The first-order valence-electron chi connectivity index (χ1n) is 4.60. The molecule has 0 fully saturated rings. The quantitative estimate of drug-likeness (QED) is 0.621. The third-order valence-electron chi connectivity index (χ3n) is 1.87. The lowest BCUT2D eigenvalue weighted by molar-refractivity contribution is -0.141. The van der Waals surface area contributed by atoms with Crippen molar-refractivity contribution in [2.24, 2.45) is 0 Å². The van der Waals surface area contributed by atoms with Crippen LogP contribution in [0.4, 0.5) is 0 Å². The number of carbonyl (C=O) groups is 2. The molecule has 1 aromatic heterocycles. The van der Waals surface area contributed by atoms with Crippen LogP contribution >= 0.6 is 0 Å². The maximum Gasteiger partial charge on any atom is 0.334 e. The first kappa shape index (κ1) is 12.0. The van der Waals surface area contributed by atoms with E-state index in [1.807, 2.05) is 0 Å². The van der Waals surface area contributed by atoms with E-state index in [1.165, 1.54) is 13.2 Å². The Kier molecular flexibility index (Phi) is 3.88. The zero-order chi connectivity index (χ0) is 12.1. The van der Waals surface area contributed by atoms with Crippen molar-refractivity contribution in [3.05, 3.63) is 29.2 Å². The van der Waals surface area contributed by atoms with Crippen LogP contribution in [0, 0.1) is 6.92 Å². The first-order valence-corrected chi connectivity index (χ1v) is 4.60. The van der Waals surface area contributed by atoms with E-state index in [9.17, 15) is 9.59 Å². The van der Waals surface area contributed by atoms with Gasteiger partial charge in [0, 0.05) is 0 Å². The van der Waals surface area contributed by atoms with Crippen molar-refractivity contribution in [1.82, 2.24) is 0 Å². The lowest BCUT2D eigenvalue weighted by Crippen LogP contribution is -2.09. The summed E-state index contributed by atoms with van der Waals surface area (Å²) in [6.45, 7) is 1.76. The molecule has 0 bridgehead atoms. The summed E-state index contributed by atoms with van der Waals surface area (Å²) in [5, 5.41) is 8.63. The topological polar surface area (TPSA) is 76.7 Å². The van der Waals surface area contributed by atoms with Crippen LogP contribution in [0.1, 0.15) is 17.9 Å². The molecular formula is C11H12O5. The Morgan fingerprint density at radius 1 is 1.50 bits per heavy atom. The van der Waals surface area contributed by atoms with Crippen molar-refractivity contribution < 1.29 is 23.8 Å². The minimum Gasteiger partial charge on any atom is -0.481 e. The van der Waals surface area contributed by atoms with E-state index in [-0.39, 0.29) is 5.57 Å². The Morgan fingerprint density at radius 3 is 2.62 bits per heavy atom. The summed E-state index contributed by atoms with van der Waals surface area (Å²) in [5.41, 5.74) is 0.0457. The molecule has 0 amide bonds. The number of carboxylic acids is 1. The largest absolute Gasteiger partial charge is 0.481 e. The van der Waals surface area contributed by atoms with E-state index in [0.29, 0.717) is 11.5 Å². The number of furan rings is 1. The lowest BCUT2D eigenvalue weighted by atomic mass is 10.1. The van der Waals surface area contributed by atoms with Crippen molar-refractivity contribution in [3.63, 3.8) is 0 Å². The predicted octanol–water partition coefficient (Wildman–Crippen LogP) is 1.62. The Balaban J connectivity index is 2.95. The van der Waals surface area contributed by atoms with Gasteiger partial charge in [-0.15, -0.1) is 0 Å². The fourth-order valence-electron chi connectivity index (χ4n) is 1.18. The number of carboxylic acid groups (broad SMARTS) is 1. The van der Waals surface area contributed by atoms with E-state index in [0.717, 1.165) is 0 Å². The molecule has 0 atom stereocenters. The summed E-state index contributed by atoms with van der Waals surface area (Å²) in [4.78, 5) is 21.8. The third-order valence-corrected chi connectivity index (χ3v) is 1.87. The average Bonchev–Trinajstić information content (AvgIpc) is 2.61. The van der Waals surface area contributed by atoms with Crippen LogP contribution in [0.5, 0.6) is 0 Å². The van der Waals surface area contributed by atoms with Gasteiger partial charge in [-0.05, 0) is 25.1 Å². The number of hydrogen-bond acceptors (Lipinski definition) is 4.